The molecule has 0 heterocycles. The second-order valence-corrected chi connectivity index (χ2v) is 7.06. The summed E-state index contributed by atoms with van der Waals surface area (Å²) < 4.78 is 0. The Labute approximate surface area is 139 Å². The fourth-order valence-electron chi connectivity index (χ4n) is 3.09. The van der Waals surface area contributed by atoms with Crippen molar-refractivity contribution in [3.8, 4) is 0 Å². The first-order valence-electron chi connectivity index (χ1n) is 8.40. The van der Waals surface area contributed by atoms with Crippen LogP contribution in [0.2, 0.25) is 5.02 Å². The van der Waals surface area contributed by atoms with Gasteiger partial charge in [0, 0.05) is 17.1 Å². The molecule has 22 heavy (non-hydrogen) atoms. The quantitative estimate of drug-likeness (QED) is 0.828. The van der Waals surface area contributed by atoms with Gasteiger partial charge in [-0.3, -0.25) is 4.79 Å². The minimum absolute atomic E-state index is 0.0423. The summed E-state index contributed by atoms with van der Waals surface area (Å²) in [7, 11) is 2.07. The smallest absolute Gasteiger partial charge is 0.278 e. The van der Waals surface area contributed by atoms with Gasteiger partial charge >= 0.3 is 0 Å². The highest BCUT2D eigenvalue weighted by Crippen LogP contribution is 2.22. The Morgan fingerprint density at radius 1 is 1.27 bits per heavy atom. The molecule has 3 nitrogen and oxygen atoms in total. The highest BCUT2D eigenvalue weighted by Gasteiger charge is 2.23. The highest BCUT2D eigenvalue weighted by molar-refractivity contribution is 6.30. The van der Waals surface area contributed by atoms with Crippen molar-refractivity contribution in [1.82, 2.24) is 5.32 Å². The van der Waals surface area contributed by atoms with Crippen LogP contribution in [0.4, 0.5) is 0 Å². The van der Waals surface area contributed by atoms with Gasteiger partial charge < -0.3 is 10.2 Å². The minimum Gasteiger partial charge on any atom is -0.351 e. The topological polar surface area (TPSA) is 33.5 Å². The van der Waals surface area contributed by atoms with Crippen molar-refractivity contribution in [2.75, 3.05) is 13.6 Å². The molecular formula is C18H28ClN2O+. The molecule has 0 aliphatic heterocycles. The summed E-state index contributed by atoms with van der Waals surface area (Å²) in [5.74, 6) is 0.846. The number of amides is 1. The molecule has 2 atom stereocenters. The van der Waals surface area contributed by atoms with E-state index in [2.05, 4.69) is 12.4 Å². The zero-order valence-electron chi connectivity index (χ0n) is 13.7. The molecule has 1 aromatic carbocycles. The van der Waals surface area contributed by atoms with Crippen LogP contribution in [0.1, 0.15) is 44.6 Å². The maximum atomic E-state index is 12.3. The first-order valence-corrected chi connectivity index (χ1v) is 8.78. The summed E-state index contributed by atoms with van der Waals surface area (Å²) in [6.45, 7) is 3.67. The van der Waals surface area contributed by atoms with Crippen molar-refractivity contribution < 1.29 is 9.69 Å². The molecule has 0 bridgehead atoms. The predicted octanol–water partition coefficient (Wildman–Crippen LogP) is 2.44. The number of carbonyl (C=O) groups is 1. The van der Waals surface area contributed by atoms with E-state index in [0.717, 1.165) is 18.1 Å². The number of rotatable bonds is 6. The molecular weight excluding hydrogens is 296 g/mol. The Balaban J connectivity index is 1.77. The van der Waals surface area contributed by atoms with Crippen LogP contribution in [0.3, 0.4) is 0 Å². The molecule has 1 aromatic rings. The lowest BCUT2D eigenvalue weighted by Crippen LogP contribution is -3.12. The molecule has 0 radical (unpaired) electrons. The van der Waals surface area contributed by atoms with Gasteiger partial charge in [0.05, 0.1) is 7.05 Å². The summed E-state index contributed by atoms with van der Waals surface area (Å²) in [5, 5.41) is 3.90. The Bertz CT molecular complexity index is 468. The van der Waals surface area contributed by atoms with Crippen LogP contribution in [-0.4, -0.2) is 25.5 Å². The van der Waals surface area contributed by atoms with Gasteiger partial charge in [-0.2, -0.15) is 0 Å². The molecule has 1 aliphatic carbocycles. The third kappa shape index (κ3) is 5.29. The van der Waals surface area contributed by atoms with E-state index in [4.69, 9.17) is 11.6 Å². The zero-order valence-corrected chi connectivity index (χ0v) is 14.5. The van der Waals surface area contributed by atoms with Crippen molar-refractivity contribution in [1.29, 1.82) is 0 Å². The van der Waals surface area contributed by atoms with Crippen molar-refractivity contribution in [2.24, 2.45) is 5.92 Å². The first kappa shape index (κ1) is 17.3. The Morgan fingerprint density at radius 3 is 2.55 bits per heavy atom. The minimum atomic E-state index is -0.0423. The van der Waals surface area contributed by atoms with Crippen LogP contribution >= 0.6 is 11.6 Å². The Morgan fingerprint density at radius 2 is 1.91 bits per heavy atom. The number of quaternary nitrogens is 1. The van der Waals surface area contributed by atoms with Gasteiger partial charge in [0.15, 0.2) is 6.04 Å². The summed E-state index contributed by atoms with van der Waals surface area (Å²) in [5.41, 5.74) is 1.20. The van der Waals surface area contributed by atoms with Crippen LogP contribution in [0.5, 0.6) is 0 Å². The van der Waals surface area contributed by atoms with Gasteiger partial charge in [-0.05, 0) is 37.8 Å². The van der Waals surface area contributed by atoms with E-state index in [1.165, 1.54) is 42.6 Å². The lowest BCUT2D eigenvalue weighted by molar-refractivity contribution is -0.908. The zero-order chi connectivity index (χ0) is 15.9. The third-order valence-corrected chi connectivity index (χ3v) is 5.07. The van der Waals surface area contributed by atoms with E-state index < -0.39 is 0 Å². The molecule has 0 spiro atoms. The number of likely N-dealkylation sites (N-methyl/N-ethyl adjacent to an activating group) is 1. The third-order valence-electron chi connectivity index (χ3n) is 4.82. The van der Waals surface area contributed by atoms with E-state index in [-0.39, 0.29) is 11.9 Å². The molecule has 122 valence electrons. The maximum absolute atomic E-state index is 12.3. The molecule has 2 rings (SSSR count). The molecule has 0 saturated heterocycles. The van der Waals surface area contributed by atoms with E-state index in [1.54, 1.807) is 0 Å². The van der Waals surface area contributed by atoms with E-state index in [1.807, 2.05) is 31.2 Å². The van der Waals surface area contributed by atoms with Crippen molar-refractivity contribution in [3.63, 3.8) is 0 Å². The molecule has 4 heteroatoms. The van der Waals surface area contributed by atoms with Crippen molar-refractivity contribution in [2.45, 2.75) is 51.6 Å². The molecule has 1 saturated carbocycles. The molecule has 2 N–H and O–H groups in total. The largest absolute Gasteiger partial charge is 0.351 e. The first-order chi connectivity index (χ1) is 10.6. The number of halogens is 1. The van der Waals surface area contributed by atoms with Crippen molar-refractivity contribution in [3.05, 3.63) is 34.9 Å². The van der Waals surface area contributed by atoms with E-state index in [9.17, 15) is 4.79 Å². The standard InChI is InChI=1S/C18H27ClN2O/c1-14(18(22)20-12-15-6-4-3-5-7-15)21(2)13-16-8-10-17(19)11-9-16/h8-11,14-15H,3-7,12-13H2,1-2H3,(H,20,22)/p+1/t14-/m1/s1. The van der Waals surface area contributed by atoms with Crippen LogP contribution in [0, 0.1) is 5.92 Å². The number of nitrogens with one attached hydrogen (secondary N) is 2. The van der Waals surface area contributed by atoms with Gasteiger partial charge in [0.2, 0.25) is 0 Å². The predicted molar refractivity (Wildman–Crippen MR) is 91.1 cm³/mol. The number of benzene rings is 1. The molecule has 1 fully saturated rings. The lowest BCUT2D eigenvalue weighted by atomic mass is 9.89. The summed E-state index contributed by atoms with van der Waals surface area (Å²) >= 11 is 5.91. The van der Waals surface area contributed by atoms with Crippen LogP contribution in [-0.2, 0) is 11.3 Å². The van der Waals surface area contributed by atoms with E-state index >= 15 is 0 Å². The molecule has 1 amide bonds. The number of hydrogen-bond acceptors (Lipinski definition) is 1. The monoisotopic (exact) mass is 323 g/mol. The second kappa shape index (κ2) is 8.54. The number of carbonyl (C=O) groups excluding carboxylic acids is 1. The molecule has 0 aromatic heterocycles. The maximum Gasteiger partial charge on any atom is 0.278 e. The van der Waals surface area contributed by atoms with E-state index in [0.29, 0.717) is 5.92 Å². The lowest BCUT2D eigenvalue weighted by Gasteiger charge is -2.24. The van der Waals surface area contributed by atoms with Crippen LogP contribution in [0.25, 0.3) is 0 Å². The Kier molecular flexibility index (Phi) is 6.71. The van der Waals surface area contributed by atoms with Gasteiger partial charge in [0.1, 0.15) is 6.54 Å². The SMILES string of the molecule is C[C@H](C(=O)NCC1CCCCC1)[NH+](C)Cc1ccc(Cl)cc1. The fourth-order valence-corrected chi connectivity index (χ4v) is 3.22. The molecule has 1 unspecified atom stereocenters. The summed E-state index contributed by atoms with van der Waals surface area (Å²) in [6.07, 6.45) is 6.52. The fraction of sp³-hybridized carbons (Fsp3) is 0.611. The van der Waals surface area contributed by atoms with Gasteiger partial charge in [-0.15, -0.1) is 0 Å². The Hall–Kier alpha value is -1.06. The van der Waals surface area contributed by atoms with Gasteiger partial charge in [0.25, 0.3) is 5.91 Å². The highest BCUT2D eigenvalue weighted by atomic mass is 35.5. The van der Waals surface area contributed by atoms with Crippen LogP contribution < -0.4 is 10.2 Å². The summed E-state index contributed by atoms with van der Waals surface area (Å²) in [4.78, 5) is 13.5. The van der Waals surface area contributed by atoms with Crippen LogP contribution in [0.15, 0.2) is 24.3 Å². The second-order valence-electron chi connectivity index (χ2n) is 6.62. The summed E-state index contributed by atoms with van der Waals surface area (Å²) in [6, 6.07) is 7.81. The number of hydrogen-bond donors (Lipinski definition) is 2. The van der Waals surface area contributed by atoms with Gasteiger partial charge in [-0.1, -0.05) is 43.0 Å². The normalized spacial score (nSPS) is 18.7. The molecule has 1 aliphatic rings. The average Bonchev–Trinajstić information content (AvgIpc) is 2.55. The average molecular weight is 324 g/mol. The van der Waals surface area contributed by atoms with Gasteiger partial charge in [-0.25, -0.2) is 0 Å². The van der Waals surface area contributed by atoms with Crippen molar-refractivity contribution >= 4 is 17.5 Å².